The average Bonchev–Trinajstić information content (AvgIpc) is 3.09. The number of nitrogens with zero attached hydrogens (tertiary/aromatic N) is 5. The Labute approximate surface area is 173 Å². The van der Waals surface area contributed by atoms with Gasteiger partial charge in [-0.15, -0.1) is 0 Å². The van der Waals surface area contributed by atoms with Crippen LogP contribution in [-0.4, -0.2) is 46.2 Å². The van der Waals surface area contributed by atoms with Gasteiger partial charge in [-0.3, -0.25) is 4.90 Å². The van der Waals surface area contributed by atoms with Gasteiger partial charge in [-0.05, 0) is 36.2 Å². The number of rotatable bonds is 5. The first-order valence-corrected chi connectivity index (χ1v) is 10.5. The SMILES string of the molecule is CCc1noc(-c2cccnc2N2CCCN(Cc3ccc(Br)cc3)CC2)n1. The van der Waals surface area contributed by atoms with E-state index in [1.165, 1.54) is 5.56 Å². The molecule has 1 aliphatic heterocycles. The standard InChI is InChI=1S/C21H24BrN5O/c1-2-19-24-21(28-25-19)18-5-3-10-23-20(18)27-12-4-11-26(13-14-27)15-16-6-8-17(22)9-7-16/h3,5-10H,2,4,11-15H2,1H3. The lowest BCUT2D eigenvalue weighted by Gasteiger charge is -2.24. The molecule has 6 nitrogen and oxygen atoms in total. The van der Waals surface area contributed by atoms with Crippen LogP contribution in [-0.2, 0) is 13.0 Å². The minimum atomic E-state index is 0.552. The van der Waals surface area contributed by atoms with E-state index in [2.05, 4.69) is 65.1 Å². The van der Waals surface area contributed by atoms with Gasteiger partial charge in [-0.1, -0.05) is 40.1 Å². The van der Waals surface area contributed by atoms with E-state index in [9.17, 15) is 0 Å². The van der Waals surface area contributed by atoms with E-state index < -0.39 is 0 Å². The Morgan fingerprint density at radius 3 is 2.71 bits per heavy atom. The van der Waals surface area contributed by atoms with Crippen molar-refractivity contribution in [3.8, 4) is 11.5 Å². The Morgan fingerprint density at radius 2 is 1.93 bits per heavy atom. The Balaban J connectivity index is 1.48. The number of hydrogen-bond donors (Lipinski definition) is 0. The summed E-state index contributed by atoms with van der Waals surface area (Å²) in [7, 11) is 0. The van der Waals surface area contributed by atoms with Crippen LogP contribution in [0.5, 0.6) is 0 Å². The van der Waals surface area contributed by atoms with Gasteiger partial charge in [0, 0.05) is 49.8 Å². The molecule has 0 atom stereocenters. The van der Waals surface area contributed by atoms with Crippen LogP contribution in [0.2, 0.25) is 0 Å². The molecule has 7 heteroatoms. The van der Waals surface area contributed by atoms with E-state index in [1.54, 1.807) is 0 Å². The molecule has 0 bridgehead atoms. The zero-order valence-corrected chi connectivity index (χ0v) is 17.6. The van der Waals surface area contributed by atoms with Gasteiger partial charge in [-0.25, -0.2) is 4.98 Å². The summed E-state index contributed by atoms with van der Waals surface area (Å²) in [4.78, 5) is 14.0. The largest absolute Gasteiger partial charge is 0.355 e. The van der Waals surface area contributed by atoms with Crippen LogP contribution in [0.3, 0.4) is 0 Å². The predicted octanol–water partition coefficient (Wildman–Crippen LogP) is 4.17. The molecule has 4 rings (SSSR count). The number of hydrogen-bond acceptors (Lipinski definition) is 6. The molecule has 1 fully saturated rings. The maximum Gasteiger partial charge on any atom is 0.261 e. The van der Waals surface area contributed by atoms with E-state index in [-0.39, 0.29) is 0 Å². The van der Waals surface area contributed by atoms with Crippen molar-refractivity contribution in [3.63, 3.8) is 0 Å². The second-order valence-corrected chi connectivity index (χ2v) is 7.90. The monoisotopic (exact) mass is 441 g/mol. The number of benzene rings is 1. The maximum absolute atomic E-state index is 5.47. The predicted molar refractivity (Wildman–Crippen MR) is 113 cm³/mol. The molecule has 0 spiro atoms. The summed E-state index contributed by atoms with van der Waals surface area (Å²) in [6.07, 6.45) is 3.69. The number of halogens is 1. The van der Waals surface area contributed by atoms with Gasteiger partial charge in [0.2, 0.25) is 0 Å². The van der Waals surface area contributed by atoms with Crippen molar-refractivity contribution in [2.24, 2.45) is 0 Å². The highest BCUT2D eigenvalue weighted by Crippen LogP contribution is 2.28. The summed E-state index contributed by atoms with van der Waals surface area (Å²) in [5, 5.41) is 4.04. The van der Waals surface area contributed by atoms with Crippen LogP contribution in [0.25, 0.3) is 11.5 Å². The van der Waals surface area contributed by atoms with Crippen LogP contribution in [0.15, 0.2) is 51.6 Å². The van der Waals surface area contributed by atoms with Crippen molar-refractivity contribution >= 4 is 21.7 Å². The average molecular weight is 442 g/mol. The summed E-state index contributed by atoms with van der Waals surface area (Å²) < 4.78 is 6.59. The Kier molecular flexibility index (Phi) is 6.02. The van der Waals surface area contributed by atoms with Crippen LogP contribution in [0.1, 0.15) is 24.7 Å². The van der Waals surface area contributed by atoms with Crippen molar-refractivity contribution < 1.29 is 4.52 Å². The first-order chi connectivity index (χ1) is 13.7. The molecule has 3 aromatic rings. The third-order valence-corrected chi connectivity index (χ3v) is 5.54. The summed E-state index contributed by atoms with van der Waals surface area (Å²) in [6, 6.07) is 12.5. The molecule has 0 radical (unpaired) electrons. The molecule has 0 amide bonds. The van der Waals surface area contributed by atoms with Crippen LogP contribution in [0.4, 0.5) is 5.82 Å². The number of pyridine rings is 1. The lowest BCUT2D eigenvalue weighted by molar-refractivity contribution is 0.285. The molecule has 1 saturated heterocycles. The summed E-state index contributed by atoms with van der Waals surface area (Å²) in [5.41, 5.74) is 2.25. The highest BCUT2D eigenvalue weighted by atomic mass is 79.9. The zero-order chi connectivity index (χ0) is 19.3. The summed E-state index contributed by atoms with van der Waals surface area (Å²) >= 11 is 3.50. The van der Waals surface area contributed by atoms with Gasteiger partial charge in [0.25, 0.3) is 5.89 Å². The van der Waals surface area contributed by atoms with Gasteiger partial charge >= 0.3 is 0 Å². The highest BCUT2D eigenvalue weighted by molar-refractivity contribution is 9.10. The number of anilines is 1. The molecule has 2 aromatic heterocycles. The topological polar surface area (TPSA) is 58.3 Å². The van der Waals surface area contributed by atoms with E-state index in [4.69, 9.17) is 4.52 Å². The third kappa shape index (κ3) is 4.42. The molecular formula is C21H24BrN5O. The van der Waals surface area contributed by atoms with Gasteiger partial charge in [0.1, 0.15) is 5.82 Å². The van der Waals surface area contributed by atoms with Crippen LogP contribution in [0, 0.1) is 0 Å². The molecule has 0 saturated carbocycles. The lowest BCUT2D eigenvalue weighted by Crippen LogP contribution is -2.31. The van der Waals surface area contributed by atoms with Gasteiger partial charge < -0.3 is 9.42 Å². The minimum Gasteiger partial charge on any atom is -0.355 e. The van der Waals surface area contributed by atoms with Crippen molar-refractivity contribution in [2.45, 2.75) is 26.3 Å². The first kappa shape index (κ1) is 19.1. The molecule has 1 aromatic carbocycles. The van der Waals surface area contributed by atoms with E-state index >= 15 is 0 Å². The fraction of sp³-hybridized carbons (Fsp3) is 0.381. The quantitative estimate of drug-likeness (QED) is 0.591. The summed E-state index contributed by atoms with van der Waals surface area (Å²) in [5.74, 6) is 2.21. The maximum atomic E-state index is 5.47. The van der Waals surface area contributed by atoms with E-state index in [0.717, 1.165) is 67.2 Å². The fourth-order valence-electron chi connectivity index (χ4n) is 3.51. The molecule has 0 aliphatic carbocycles. The van der Waals surface area contributed by atoms with Crippen LogP contribution >= 0.6 is 15.9 Å². The molecular weight excluding hydrogens is 418 g/mol. The number of aryl methyl sites for hydroxylation is 1. The van der Waals surface area contributed by atoms with Gasteiger partial charge in [0.15, 0.2) is 5.82 Å². The Morgan fingerprint density at radius 1 is 1.07 bits per heavy atom. The van der Waals surface area contributed by atoms with Crippen molar-refractivity contribution in [2.75, 3.05) is 31.1 Å². The van der Waals surface area contributed by atoms with Gasteiger partial charge in [-0.2, -0.15) is 4.98 Å². The Bertz CT molecular complexity index is 911. The molecule has 0 N–H and O–H groups in total. The third-order valence-electron chi connectivity index (χ3n) is 5.01. The van der Waals surface area contributed by atoms with Crippen molar-refractivity contribution in [3.05, 3.63) is 58.5 Å². The number of aromatic nitrogens is 3. The van der Waals surface area contributed by atoms with Crippen LogP contribution < -0.4 is 4.90 Å². The lowest BCUT2D eigenvalue weighted by atomic mass is 10.2. The molecule has 3 heterocycles. The zero-order valence-electron chi connectivity index (χ0n) is 16.0. The van der Waals surface area contributed by atoms with Crippen molar-refractivity contribution in [1.82, 2.24) is 20.0 Å². The first-order valence-electron chi connectivity index (χ1n) is 9.72. The van der Waals surface area contributed by atoms with E-state index in [0.29, 0.717) is 5.89 Å². The second kappa shape index (κ2) is 8.84. The molecule has 28 heavy (non-hydrogen) atoms. The normalized spacial score (nSPS) is 15.6. The molecule has 0 unspecified atom stereocenters. The van der Waals surface area contributed by atoms with E-state index in [1.807, 2.05) is 25.3 Å². The van der Waals surface area contributed by atoms with Crippen molar-refractivity contribution in [1.29, 1.82) is 0 Å². The smallest absolute Gasteiger partial charge is 0.261 e. The summed E-state index contributed by atoms with van der Waals surface area (Å²) in [6.45, 7) is 6.96. The Hall–Kier alpha value is -2.25. The minimum absolute atomic E-state index is 0.552. The van der Waals surface area contributed by atoms with Gasteiger partial charge in [0.05, 0.1) is 5.56 Å². The molecule has 146 valence electrons. The highest BCUT2D eigenvalue weighted by Gasteiger charge is 2.21. The second-order valence-electron chi connectivity index (χ2n) is 6.99. The molecule has 1 aliphatic rings. The fourth-order valence-corrected chi connectivity index (χ4v) is 3.78.